The highest BCUT2D eigenvalue weighted by molar-refractivity contribution is 7.89. The van der Waals surface area contributed by atoms with Crippen molar-refractivity contribution < 1.29 is 8.42 Å². The Labute approximate surface area is 144 Å². The highest BCUT2D eigenvalue weighted by atomic mass is 35.5. The summed E-state index contributed by atoms with van der Waals surface area (Å²) in [5.74, 6) is 0.787. The molecular weight excluding hydrogens is 361 g/mol. The lowest BCUT2D eigenvalue weighted by molar-refractivity contribution is 0.586. The van der Waals surface area contributed by atoms with Crippen LogP contribution in [0.2, 0.25) is 10.2 Å². The zero-order valence-electron chi connectivity index (χ0n) is 12.5. The smallest absolute Gasteiger partial charge is 0.213 e. The second-order valence-corrected chi connectivity index (χ2v) is 8.21. The number of hydrogen-bond acceptors (Lipinski definition) is 5. The SMILES string of the molecule is C[C@H](N)c1cc(Cl)c2c(Cl)ncn2c1N1CCNS(=O)(=O)CC1. The molecule has 0 unspecified atom stereocenters. The van der Waals surface area contributed by atoms with E-state index in [0.717, 1.165) is 11.4 Å². The summed E-state index contributed by atoms with van der Waals surface area (Å²) < 4.78 is 27.9. The lowest BCUT2D eigenvalue weighted by Gasteiger charge is -2.27. The van der Waals surface area contributed by atoms with E-state index in [1.807, 2.05) is 11.8 Å². The number of pyridine rings is 1. The molecule has 0 spiro atoms. The minimum absolute atomic E-state index is 0.0118. The number of anilines is 1. The van der Waals surface area contributed by atoms with Crippen molar-refractivity contribution in [2.24, 2.45) is 5.73 Å². The molecule has 126 valence electrons. The highest BCUT2D eigenvalue weighted by Gasteiger charge is 2.25. The first-order valence-corrected chi connectivity index (χ1v) is 9.54. The summed E-state index contributed by atoms with van der Waals surface area (Å²) in [6.45, 7) is 3.05. The van der Waals surface area contributed by atoms with Crippen LogP contribution in [0.5, 0.6) is 0 Å². The zero-order chi connectivity index (χ0) is 16.8. The van der Waals surface area contributed by atoms with Crippen molar-refractivity contribution in [1.82, 2.24) is 14.1 Å². The van der Waals surface area contributed by atoms with Crippen molar-refractivity contribution in [2.75, 3.05) is 30.3 Å². The molecule has 2 aromatic heterocycles. The number of fused-ring (bicyclic) bond motifs is 1. The molecule has 23 heavy (non-hydrogen) atoms. The van der Waals surface area contributed by atoms with Gasteiger partial charge in [-0.05, 0) is 13.0 Å². The van der Waals surface area contributed by atoms with E-state index in [-0.39, 0.29) is 11.8 Å². The van der Waals surface area contributed by atoms with Gasteiger partial charge in [0.1, 0.15) is 17.7 Å². The normalized spacial score (nSPS) is 19.7. The van der Waals surface area contributed by atoms with E-state index >= 15 is 0 Å². The van der Waals surface area contributed by atoms with E-state index in [4.69, 9.17) is 28.9 Å². The average Bonchev–Trinajstić information content (AvgIpc) is 2.76. The van der Waals surface area contributed by atoms with Gasteiger partial charge in [0, 0.05) is 31.2 Å². The summed E-state index contributed by atoms with van der Waals surface area (Å²) in [6.07, 6.45) is 1.58. The van der Waals surface area contributed by atoms with E-state index in [1.165, 1.54) is 0 Å². The summed E-state index contributed by atoms with van der Waals surface area (Å²) in [5, 5.41) is 0.761. The van der Waals surface area contributed by atoms with Gasteiger partial charge in [-0.1, -0.05) is 23.2 Å². The van der Waals surface area contributed by atoms with Crippen LogP contribution in [0, 0.1) is 0 Å². The van der Waals surface area contributed by atoms with E-state index in [2.05, 4.69) is 9.71 Å². The second kappa shape index (κ2) is 6.10. The van der Waals surface area contributed by atoms with Crippen molar-refractivity contribution in [1.29, 1.82) is 0 Å². The third-order valence-electron chi connectivity index (χ3n) is 3.84. The molecule has 1 aliphatic heterocycles. The number of nitrogens with one attached hydrogen (secondary N) is 1. The molecule has 3 N–H and O–H groups in total. The van der Waals surface area contributed by atoms with Gasteiger partial charge in [0.2, 0.25) is 10.0 Å². The fourth-order valence-corrected chi connectivity index (χ4v) is 4.33. The molecule has 0 aliphatic carbocycles. The molecule has 2 aromatic rings. The van der Waals surface area contributed by atoms with Crippen molar-refractivity contribution in [3.8, 4) is 0 Å². The van der Waals surface area contributed by atoms with Crippen molar-refractivity contribution in [2.45, 2.75) is 13.0 Å². The maximum atomic E-state index is 11.8. The van der Waals surface area contributed by atoms with Crippen molar-refractivity contribution in [3.05, 3.63) is 28.1 Å². The van der Waals surface area contributed by atoms with Crippen LogP contribution in [0.15, 0.2) is 12.4 Å². The van der Waals surface area contributed by atoms with Crippen LogP contribution in [0.25, 0.3) is 5.52 Å². The molecule has 0 aromatic carbocycles. The summed E-state index contributed by atoms with van der Waals surface area (Å²) in [5.41, 5.74) is 7.50. The number of halogens is 2. The summed E-state index contributed by atoms with van der Waals surface area (Å²) in [7, 11) is -3.25. The quantitative estimate of drug-likeness (QED) is 0.824. The van der Waals surface area contributed by atoms with Crippen LogP contribution >= 0.6 is 23.2 Å². The van der Waals surface area contributed by atoms with E-state index in [1.54, 1.807) is 16.8 Å². The maximum Gasteiger partial charge on any atom is 0.213 e. The van der Waals surface area contributed by atoms with Gasteiger partial charge in [-0.3, -0.25) is 4.40 Å². The monoisotopic (exact) mass is 377 g/mol. The molecule has 3 heterocycles. The number of hydrogen-bond donors (Lipinski definition) is 2. The van der Waals surface area contributed by atoms with Crippen LogP contribution in [-0.2, 0) is 10.0 Å². The third kappa shape index (κ3) is 3.14. The van der Waals surface area contributed by atoms with E-state index < -0.39 is 10.0 Å². The van der Waals surface area contributed by atoms with Gasteiger partial charge in [0.05, 0.1) is 10.8 Å². The molecular formula is C13H17Cl2N5O2S. The van der Waals surface area contributed by atoms with E-state index in [0.29, 0.717) is 35.3 Å². The molecule has 7 nitrogen and oxygen atoms in total. The molecule has 0 saturated carbocycles. The number of nitrogens with zero attached hydrogens (tertiary/aromatic N) is 3. The Kier molecular flexibility index (Phi) is 4.45. The van der Waals surface area contributed by atoms with Crippen LogP contribution < -0.4 is 15.4 Å². The van der Waals surface area contributed by atoms with Gasteiger partial charge in [-0.15, -0.1) is 0 Å². The van der Waals surface area contributed by atoms with E-state index in [9.17, 15) is 8.42 Å². The summed E-state index contributed by atoms with van der Waals surface area (Å²) in [6, 6.07) is 1.50. The van der Waals surface area contributed by atoms with Crippen LogP contribution in [0.3, 0.4) is 0 Å². The average molecular weight is 378 g/mol. The lowest BCUT2D eigenvalue weighted by Crippen LogP contribution is -2.32. The fraction of sp³-hybridized carbons (Fsp3) is 0.462. The Morgan fingerprint density at radius 2 is 2.13 bits per heavy atom. The standard InChI is InChI=1S/C13H17Cl2N5O2S/c1-8(16)9-6-10(14)11-12(15)17-7-20(11)13(9)19-3-2-18-23(21,22)5-4-19/h6-8,18H,2-5,16H2,1H3/t8-/m0/s1. The summed E-state index contributed by atoms with van der Waals surface area (Å²) >= 11 is 12.4. The molecule has 3 rings (SSSR count). The molecule has 1 aliphatic rings. The van der Waals surface area contributed by atoms with Gasteiger partial charge in [-0.25, -0.2) is 18.1 Å². The first-order chi connectivity index (χ1) is 10.8. The minimum Gasteiger partial charge on any atom is -0.355 e. The Morgan fingerprint density at radius 3 is 2.83 bits per heavy atom. The van der Waals surface area contributed by atoms with Crippen LogP contribution in [0.1, 0.15) is 18.5 Å². The number of sulfonamides is 1. The fourth-order valence-electron chi connectivity index (χ4n) is 2.74. The first-order valence-electron chi connectivity index (χ1n) is 7.13. The van der Waals surface area contributed by atoms with Crippen LogP contribution in [0.4, 0.5) is 5.82 Å². The molecule has 0 radical (unpaired) electrons. The lowest BCUT2D eigenvalue weighted by atomic mass is 10.1. The highest BCUT2D eigenvalue weighted by Crippen LogP contribution is 2.34. The van der Waals surface area contributed by atoms with Gasteiger partial charge in [0.15, 0.2) is 5.15 Å². The first kappa shape index (κ1) is 16.8. The van der Waals surface area contributed by atoms with Gasteiger partial charge >= 0.3 is 0 Å². The number of nitrogens with two attached hydrogens (primary N) is 1. The molecule has 0 bridgehead atoms. The largest absolute Gasteiger partial charge is 0.355 e. The number of rotatable bonds is 2. The van der Waals surface area contributed by atoms with Crippen molar-refractivity contribution in [3.63, 3.8) is 0 Å². The second-order valence-electron chi connectivity index (χ2n) is 5.51. The predicted molar refractivity (Wildman–Crippen MR) is 91.8 cm³/mol. The molecule has 1 fully saturated rings. The van der Waals surface area contributed by atoms with Crippen molar-refractivity contribution >= 4 is 44.6 Å². The van der Waals surface area contributed by atoms with Gasteiger partial charge < -0.3 is 10.6 Å². The zero-order valence-corrected chi connectivity index (χ0v) is 14.8. The molecule has 1 atom stereocenters. The Bertz CT molecular complexity index is 850. The van der Waals surface area contributed by atoms with Gasteiger partial charge in [0.25, 0.3) is 0 Å². The topological polar surface area (TPSA) is 92.7 Å². The predicted octanol–water partition coefficient (Wildman–Crippen LogP) is 1.40. The molecule has 0 amide bonds. The Morgan fingerprint density at radius 1 is 1.39 bits per heavy atom. The molecule has 10 heteroatoms. The number of imidazole rings is 1. The number of aromatic nitrogens is 2. The van der Waals surface area contributed by atoms with Crippen LogP contribution in [-0.4, -0.2) is 43.2 Å². The maximum absolute atomic E-state index is 11.8. The minimum atomic E-state index is -3.25. The Balaban J connectivity index is 2.18. The van der Waals surface area contributed by atoms with Gasteiger partial charge in [-0.2, -0.15) is 0 Å². The third-order valence-corrected chi connectivity index (χ3v) is 5.77. The molecule has 1 saturated heterocycles. The summed E-state index contributed by atoms with van der Waals surface area (Å²) in [4.78, 5) is 6.08. The Hall–Kier alpha value is -1.06.